The number of benzene rings is 1. The molecule has 0 saturated heterocycles. The molecule has 1 atom stereocenters. The number of hydrogen-bond acceptors (Lipinski definition) is 3. The zero-order valence-electron chi connectivity index (χ0n) is 11.6. The zero-order valence-corrected chi connectivity index (χ0v) is 13.1. The van der Waals surface area contributed by atoms with Gasteiger partial charge in [0.15, 0.2) is 0 Å². The predicted molar refractivity (Wildman–Crippen MR) is 75.9 cm³/mol. The van der Waals surface area contributed by atoms with E-state index in [2.05, 4.69) is 0 Å². The Labute approximate surface area is 123 Å². The van der Waals surface area contributed by atoms with Gasteiger partial charge >= 0.3 is 0 Å². The van der Waals surface area contributed by atoms with Gasteiger partial charge < -0.3 is 4.90 Å². The minimum atomic E-state index is -4.22. The highest BCUT2D eigenvalue weighted by molar-refractivity contribution is 8.13. The number of halogens is 2. The Morgan fingerprint density at radius 1 is 1.45 bits per heavy atom. The van der Waals surface area contributed by atoms with Crippen LogP contribution >= 0.6 is 10.7 Å². The number of nitrogens with zero attached hydrogens (tertiary/aromatic N) is 1. The third-order valence-corrected chi connectivity index (χ3v) is 4.41. The van der Waals surface area contributed by atoms with Gasteiger partial charge in [0.05, 0.1) is 0 Å². The van der Waals surface area contributed by atoms with Crippen LogP contribution in [0.4, 0.5) is 4.39 Å². The van der Waals surface area contributed by atoms with Gasteiger partial charge in [0.2, 0.25) is 0 Å². The summed E-state index contributed by atoms with van der Waals surface area (Å²) in [6.07, 6.45) is 0.919. The third kappa shape index (κ3) is 4.18. The molecule has 0 spiro atoms. The Hall–Kier alpha value is -1.14. The molecule has 0 saturated carbocycles. The molecule has 0 heterocycles. The molecule has 20 heavy (non-hydrogen) atoms. The number of carbonyl (C=O) groups excluding carboxylic acids is 1. The average molecular weight is 322 g/mol. The first-order valence-corrected chi connectivity index (χ1v) is 8.47. The molecular weight excluding hydrogens is 305 g/mol. The Morgan fingerprint density at radius 3 is 2.55 bits per heavy atom. The molecule has 4 nitrogen and oxygen atoms in total. The van der Waals surface area contributed by atoms with E-state index in [-0.39, 0.29) is 11.5 Å². The summed E-state index contributed by atoms with van der Waals surface area (Å²) in [6.45, 7) is 4.55. The van der Waals surface area contributed by atoms with Gasteiger partial charge in [-0.3, -0.25) is 4.79 Å². The van der Waals surface area contributed by atoms with E-state index in [9.17, 15) is 17.6 Å². The second-order valence-corrected chi connectivity index (χ2v) is 7.32. The third-order valence-electron chi connectivity index (χ3n) is 3.07. The van der Waals surface area contributed by atoms with Crippen molar-refractivity contribution in [1.82, 2.24) is 4.90 Å². The van der Waals surface area contributed by atoms with Crippen molar-refractivity contribution in [2.24, 2.45) is 5.92 Å². The summed E-state index contributed by atoms with van der Waals surface area (Å²) in [6, 6.07) is 3.14. The van der Waals surface area contributed by atoms with Crippen LogP contribution in [0.25, 0.3) is 0 Å². The molecule has 0 fully saturated rings. The Kier molecular flexibility index (Phi) is 5.53. The Morgan fingerprint density at radius 2 is 2.05 bits per heavy atom. The zero-order chi connectivity index (χ0) is 15.5. The van der Waals surface area contributed by atoms with Gasteiger partial charge in [-0.25, -0.2) is 12.8 Å². The van der Waals surface area contributed by atoms with Crippen molar-refractivity contribution >= 4 is 25.6 Å². The summed E-state index contributed by atoms with van der Waals surface area (Å²) in [4.78, 5) is 13.0. The fourth-order valence-electron chi connectivity index (χ4n) is 1.72. The molecule has 7 heteroatoms. The van der Waals surface area contributed by atoms with Gasteiger partial charge in [-0.15, -0.1) is 0 Å². The Balaban J connectivity index is 3.06. The van der Waals surface area contributed by atoms with Crippen molar-refractivity contribution in [3.05, 3.63) is 29.6 Å². The molecule has 0 aliphatic rings. The molecular formula is C13H17ClFNO3S. The van der Waals surface area contributed by atoms with Gasteiger partial charge in [0, 0.05) is 29.8 Å². The lowest BCUT2D eigenvalue weighted by Gasteiger charge is -2.21. The van der Waals surface area contributed by atoms with E-state index in [4.69, 9.17) is 10.7 Å². The van der Waals surface area contributed by atoms with Crippen LogP contribution in [-0.2, 0) is 9.05 Å². The van der Waals surface area contributed by atoms with Gasteiger partial charge in [-0.1, -0.05) is 20.3 Å². The summed E-state index contributed by atoms with van der Waals surface area (Å²) >= 11 is 0. The minimum Gasteiger partial charge on any atom is -0.341 e. The summed E-state index contributed by atoms with van der Waals surface area (Å²) in [5.41, 5.74) is 0.0939. The lowest BCUT2D eigenvalue weighted by atomic mass is 10.1. The molecule has 0 aliphatic carbocycles. The van der Waals surface area contributed by atoms with E-state index in [1.807, 2.05) is 13.8 Å². The lowest BCUT2D eigenvalue weighted by molar-refractivity contribution is 0.0774. The van der Waals surface area contributed by atoms with Crippen molar-refractivity contribution in [3.8, 4) is 0 Å². The molecule has 0 radical (unpaired) electrons. The van der Waals surface area contributed by atoms with Crippen molar-refractivity contribution < 1.29 is 17.6 Å². The van der Waals surface area contributed by atoms with E-state index in [1.54, 1.807) is 7.05 Å². The monoisotopic (exact) mass is 321 g/mol. The van der Waals surface area contributed by atoms with Gasteiger partial charge in [-0.2, -0.15) is 0 Å². The van der Waals surface area contributed by atoms with Gasteiger partial charge in [0.25, 0.3) is 15.0 Å². The molecule has 0 bridgehead atoms. The first-order valence-electron chi connectivity index (χ1n) is 6.16. The molecule has 112 valence electrons. The largest absolute Gasteiger partial charge is 0.341 e. The summed E-state index contributed by atoms with van der Waals surface area (Å²) in [7, 11) is 2.54. The highest BCUT2D eigenvalue weighted by atomic mass is 35.7. The van der Waals surface area contributed by atoms with E-state index < -0.39 is 19.8 Å². The molecule has 1 aromatic rings. The summed E-state index contributed by atoms with van der Waals surface area (Å²) in [5, 5.41) is 0. The van der Waals surface area contributed by atoms with Crippen LogP contribution in [0.5, 0.6) is 0 Å². The highest BCUT2D eigenvalue weighted by Crippen LogP contribution is 2.21. The Bertz CT molecular complexity index is 604. The lowest BCUT2D eigenvalue weighted by Crippen LogP contribution is -2.31. The maximum Gasteiger partial charge on any atom is 0.264 e. The van der Waals surface area contributed by atoms with Crippen LogP contribution in [0.2, 0.25) is 0 Å². The van der Waals surface area contributed by atoms with Crippen molar-refractivity contribution in [2.75, 3.05) is 13.6 Å². The predicted octanol–water partition coefficient (Wildman–Crippen LogP) is 2.87. The van der Waals surface area contributed by atoms with Crippen LogP contribution < -0.4 is 0 Å². The number of carbonyl (C=O) groups is 1. The van der Waals surface area contributed by atoms with E-state index in [1.165, 1.54) is 11.0 Å². The fourth-order valence-corrected chi connectivity index (χ4v) is 2.65. The standard InChI is InChI=1S/C13H17ClFNO3S/c1-4-9(2)8-16(3)13(17)10-5-6-11(15)12(7-10)20(14,18)19/h5-7,9H,4,8H2,1-3H3. The molecule has 0 aromatic heterocycles. The number of amides is 1. The SMILES string of the molecule is CCC(C)CN(C)C(=O)c1ccc(F)c(S(=O)(=O)Cl)c1. The van der Waals surface area contributed by atoms with Crippen LogP contribution in [0, 0.1) is 11.7 Å². The fraction of sp³-hybridized carbons (Fsp3) is 0.462. The first kappa shape index (κ1) is 16.9. The maximum absolute atomic E-state index is 13.4. The molecule has 1 aromatic carbocycles. The van der Waals surface area contributed by atoms with Crippen LogP contribution in [0.1, 0.15) is 30.6 Å². The van der Waals surface area contributed by atoms with Gasteiger partial charge in [-0.05, 0) is 24.1 Å². The minimum absolute atomic E-state index is 0.0939. The number of hydrogen-bond donors (Lipinski definition) is 0. The highest BCUT2D eigenvalue weighted by Gasteiger charge is 2.20. The quantitative estimate of drug-likeness (QED) is 0.784. The van der Waals surface area contributed by atoms with E-state index >= 15 is 0 Å². The van der Waals surface area contributed by atoms with Crippen molar-refractivity contribution in [2.45, 2.75) is 25.2 Å². The van der Waals surface area contributed by atoms with Crippen molar-refractivity contribution in [1.29, 1.82) is 0 Å². The normalized spacial score (nSPS) is 13.1. The molecule has 0 aliphatic heterocycles. The number of rotatable bonds is 5. The second-order valence-electron chi connectivity index (χ2n) is 4.78. The average Bonchev–Trinajstić information content (AvgIpc) is 2.36. The maximum atomic E-state index is 13.4. The smallest absolute Gasteiger partial charge is 0.264 e. The molecule has 1 rings (SSSR count). The molecule has 1 amide bonds. The second kappa shape index (κ2) is 6.54. The molecule has 1 unspecified atom stereocenters. The van der Waals surface area contributed by atoms with Crippen LogP contribution in [0.15, 0.2) is 23.1 Å². The topological polar surface area (TPSA) is 54.5 Å². The first-order chi connectivity index (χ1) is 9.16. The summed E-state index contributed by atoms with van der Waals surface area (Å²) < 4.78 is 35.9. The van der Waals surface area contributed by atoms with E-state index in [0.717, 1.165) is 18.6 Å². The molecule has 0 N–H and O–H groups in total. The van der Waals surface area contributed by atoms with E-state index in [0.29, 0.717) is 12.5 Å². The van der Waals surface area contributed by atoms with Crippen LogP contribution in [0.3, 0.4) is 0 Å². The summed E-state index contributed by atoms with van der Waals surface area (Å²) in [5.74, 6) is -1.02. The van der Waals surface area contributed by atoms with Crippen molar-refractivity contribution in [3.63, 3.8) is 0 Å². The van der Waals surface area contributed by atoms with Gasteiger partial charge in [0.1, 0.15) is 10.7 Å². The van der Waals surface area contributed by atoms with Crippen LogP contribution in [-0.4, -0.2) is 32.8 Å².